The van der Waals surface area contributed by atoms with Gasteiger partial charge in [0.15, 0.2) is 0 Å². The van der Waals surface area contributed by atoms with Crippen molar-refractivity contribution >= 4 is 69.0 Å². The summed E-state index contributed by atoms with van der Waals surface area (Å²) in [4.78, 5) is 11.6. The molecule has 0 atom stereocenters. The maximum atomic E-state index is 11.5. The van der Waals surface area contributed by atoms with Crippen LogP contribution in [0.3, 0.4) is 0 Å². The summed E-state index contributed by atoms with van der Waals surface area (Å²) in [5, 5.41) is 17.3. The molecule has 0 bridgehead atoms. The number of thioether (sulfide) groups is 1. The lowest BCUT2D eigenvalue weighted by molar-refractivity contribution is -0.131. The van der Waals surface area contributed by atoms with Gasteiger partial charge in [0.1, 0.15) is 10.7 Å². The first kappa shape index (κ1) is 18.5. The van der Waals surface area contributed by atoms with Crippen LogP contribution in [-0.2, 0) is 11.2 Å². The Morgan fingerprint density at radius 2 is 2.04 bits per heavy atom. The predicted molar refractivity (Wildman–Crippen MR) is 104 cm³/mol. The van der Waals surface area contributed by atoms with Crippen LogP contribution >= 0.6 is 56.9 Å². The molecule has 1 aromatic carbocycles. The third kappa shape index (κ3) is 4.83. The van der Waals surface area contributed by atoms with E-state index in [1.54, 1.807) is 13.2 Å². The fourth-order valence-corrected chi connectivity index (χ4v) is 4.61. The Kier molecular flexibility index (Phi) is 6.71. The van der Waals surface area contributed by atoms with Gasteiger partial charge in [0.25, 0.3) is 5.22 Å². The lowest BCUT2D eigenvalue weighted by Gasteiger charge is -2.07. The lowest BCUT2D eigenvalue weighted by atomic mass is 10.2. The molecule has 0 spiro atoms. The highest BCUT2D eigenvalue weighted by molar-refractivity contribution is 14.1. The number of methoxy groups -OCH3 is 1. The minimum atomic E-state index is -1.05. The monoisotopic (exact) mass is 558 g/mol. The molecule has 122 valence electrons. The molecule has 0 aliphatic heterocycles. The second-order valence-corrected chi connectivity index (χ2v) is 7.57. The standard InChI is InChI=1S/C14H12I2N2O4S/c1-3-11-17-18-14(22-11)23-10(13(19)20)6-7-4-8(15)12(21-2)9(16)5-7/h4-6H,3H2,1-2H3,(H,19,20)/b10-6-. The van der Waals surface area contributed by atoms with Crippen molar-refractivity contribution in [1.29, 1.82) is 0 Å². The fraction of sp³-hybridized carbons (Fsp3) is 0.214. The number of carbonyl (C=O) groups is 1. The summed E-state index contributed by atoms with van der Waals surface area (Å²) in [6.07, 6.45) is 2.18. The van der Waals surface area contributed by atoms with Gasteiger partial charge in [-0.05, 0) is 80.7 Å². The van der Waals surface area contributed by atoms with Crippen molar-refractivity contribution in [2.24, 2.45) is 0 Å². The third-order valence-electron chi connectivity index (χ3n) is 2.68. The maximum Gasteiger partial charge on any atom is 0.342 e. The Labute approximate surface area is 164 Å². The van der Waals surface area contributed by atoms with E-state index in [1.165, 1.54) is 0 Å². The second-order valence-electron chi connectivity index (χ2n) is 4.25. The Morgan fingerprint density at radius 3 is 2.52 bits per heavy atom. The number of aromatic nitrogens is 2. The summed E-state index contributed by atoms with van der Waals surface area (Å²) < 4.78 is 12.5. The molecule has 0 unspecified atom stereocenters. The average molecular weight is 558 g/mol. The highest BCUT2D eigenvalue weighted by Crippen LogP contribution is 2.32. The SMILES string of the molecule is CCc1nnc(S/C(=C\c2cc(I)c(OC)c(I)c2)C(=O)O)o1. The van der Waals surface area contributed by atoms with Gasteiger partial charge in [-0.15, -0.1) is 10.2 Å². The van der Waals surface area contributed by atoms with Crippen LogP contribution in [0.4, 0.5) is 0 Å². The third-order valence-corrected chi connectivity index (χ3v) is 5.14. The van der Waals surface area contributed by atoms with E-state index in [-0.39, 0.29) is 10.1 Å². The summed E-state index contributed by atoms with van der Waals surface area (Å²) in [5.74, 6) is 0.204. The van der Waals surface area contributed by atoms with E-state index in [9.17, 15) is 9.90 Å². The molecule has 2 rings (SSSR count). The number of ether oxygens (including phenoxy) is 1. The van der Waals surface area contributed by atoms with E-state index >= 15 is 0 Å². The van der Waals surface area contributed by atoms with Gasteiger partial charge in [-0.3, -0.25) is 0 Å². The minimum Gasteiger partial charge on any atom is -0.495 e. The Bertz CT molecular complexity index is 738. The highest BCUT2D eigenvalue weighted by Gasteiger charge is 2.16. The largest absolute Gasteiger partial charge is 0.495 e. The molecule has 2 aromatic rings. The number of halogens is 2. The van der Waals surface area contributed by atoms with E-state index < -0.39 is 5.97 Å². The van der Waals surface area contributed by atoms with E-state index in [1.807, 2.05) is 19.1 Å². The molecule has 0 aliphatic rings. The van der Waals surface area contributed by atoms with Crippen LogP contribution in [0.25, 0.3) is 6.08 Å². The first-order valence-corrected chi connectivity index (χ1v) is 9.40. The van der Waals surface area contributed by atoms with Gasteiger partial charge in [-0.2, -0.15) is 0 Å². The number of aliphatic carboxylic acids is 1. The fourth-order valence-electron chi connectivity index (χ4n) is 1.66. The van der Waals surface area contributed by atoms with Crippen molar-refractivity contribution in [3.05, 3.63) is 35.6 Å². The summed E-state index contributed by atoms with van der Waals surface area (Å²) >= 11 is 5.24. The molecule has 9 heteroatoms. The zero-order chi connectivity index (χ0) is 17.0. The molecule has 0 radical (unpaired) electrons. The van der Waals surface area contributed by atoms with Gasteiger partial charge in [0.2, 0.25) is 5.89 Å². The molecule has 0 saturated carbocycles. The van der Waals surface area contributed by atoms with E-state index in [4.69, 9.17) is 9.15 Å². The molecule has 1 heterocycles. The van der Waals surface area contributed by atoms with Gasteiger partial charge in [-0.1, -0.05) is 6.92 Å². The van der Waals surface area contributed by atoms with Crippen molar-refractivity contribution in [1.82, 2.24) is 10.2 Å². The number of carboxylic acid groups (broad SMARTS) is 1. The molecule has 0 amide bonds. The Balaban J connectivity index is 2.33. The molecular weight excluding hydrogens is 546 g/mol. The normalized spacial score (nSPS) is 11.6. The summed E-state index contributed by atoms with van der Waals surface area (Å²) in [6, 6.07) is 3.71. The van der Waals surface area contributed by atoms with Gasteiger partial charge >= 0.3 is 5.97 Å². The first-order valence-electron chi connectivity index (χ1n) is 6.42. The number of nitrogens with zero attached hydrogens (tertiary/aromatic N) is 2. The van der Waals surface area contributed by atoms with Crippen LogP contribution in [0.5, 0.6) is 5.75 Å². The van der Waals surface area contributed by atoms with Crippen LogP contribution in [0.1, 0.15) is 18.4 Å². The number of benzene rings is 1. The average Bonchev–Trinajstić information content (AvgIpc) is 2.94. The highest BCUT2D eigenvalue weighted by atomic mass is 127. The Hall–Kier alpha value is -0.820. The van der Waals surface area contributed by atoms with Crippen LogP contribution < -0.4 is 4.74 Å². The van der Waals surface area contributed by atoms with Crippen molar-refractivity contribution in [2.45, 2.75) is 18.6 Å². The van der Waals surface area contributed by atoms with Gasteiger partial charge in [0, 0.05) is 6.42 Å². The zero-order valence-electron chi connectivity index (χ0n) is 12.2. The summed E-state index contributed by atoms with van der Waals surface area (Å²) in [6.45, 7) is 1.89. The lowest BCUT2D eigenvalue weighted by Crippen LogP contribution is -1.98. The van der Waals surface area contributed by atoms with Crippen LogP contribution in [0.15, 0.2) is 26.7 Å². The topological polar surface area (TPSA) is 85.5 Å². The molecule has 6 nitrogen and oxygen atoms in total. The summed E-state index contributed by atoms with van der Waals surface area (Å²) in [7, 11) is 1.61. The Morgan fingerprint density at radius 1 is 1.39 bits per heavy atom. The second kappa shape index (κ2) is 8.33. The molecule has 1 N–H and O–H groups in total. The molecule has 0 saturated heterocycles. The first-order chi connectivity index (χ1) is 10.9. The van der Waals surface area contributed by atoms with E-state index in [2.05, 4.69) is 55.4 Å². The van der Waals surface area contributed by atoms with Gasteiger partial charge < -0.3 is 14.3 Å². The van der Waals surface area contributed by atoms with Crippen LogP contribution in [0, 0.1) is 7.14 Å². The van der Waals surface area contributed by atoms with Crippen molar-refractivity contribution in [3.63, 3.8) is 0 Å². The van der Waals surface area contributed by atoms with Crippen molar-refractivity contribution in [2.75, 3.05) is 7.11 Å². The van der Waals surface area contributed by atoms with Crippen LogP contribution in [0.2, 0.25) is 0 Å². The van der Waals surface area contributed by atoms with Gasteiger partial charge in [-0.25, -0.2) is 4.79 Å². The summed E-state index contributed by atoms with van der Waals surface area (Å²) in [5.41, 5.74) is 0.764. The van der Waals surface area contributed by atoms with E-state index in [0.717, 1.165) is 30.2 Å². The van der Waals surface area contributed by atoms with Crippen LogP contribution in [-0.4, -0.2) is 28.4 Å². The molecule has 23 heavy (non-hydrogen) atoms. The zero-order valence-corrected chi connectivity index (χ0v) is 17.3. The quantitative estimate of drug-likeness (QED) is 0.325. The number of rotatable bonds is 6. The van der Waals surface area contributed by atoms with Crippen molar-refractivity contribution < 1.29 is 19.1 Å². The number of hydrogen-bond donors (Lipinski definition) is 1. The molecular formula is C14H12I2N2O4S. The molecule has 0 fully saturated rings. The molecule has 1 aromatic heterocycles. The smallest absolute Gasteiger partial charge is 0.342 e. The number of carboxylic acids is 1. The minimum absolute atomic E-state index is 0.105. The number of hydrogen-bond acceptors (Lipinski definition) is 6. The number of aryl methyl sites for hydroxylation is 1. The predicted octanol–water partition coefficient (Wildman–Crippen LogP) is 4.07. The van der Waals surface area contributed by atoms with E-state index in [0.29, 0.717) is 12.3 Å². The maximum absolute atomic E-state index is 11.5. The van der Waals surface area contributed by atoms with Gasteiger partial charge in [0.05, 0.1) is 14.3 Å². The molecule has 0 aliphatic carbocycles. The van der Waals surface area contributed by atoms with Crippen molar-refractivity contribution in [3.8, 4) is 5.75 Å².